The zero-order chi connectivity index (χ0) is 21.3. The Bertz CT molecular complexity index is 933. The summed E-state index contributed by atoms with van der Waals surface area (Å²) in [4.78, 5) is 27.7. The first-order chi connectivity index (χ1) is 13.7. The van der Waals surface area contributed by atoms with Crippen molar-refractivity contribution in [2.45, 2.75) is 39.7 Å². The van der Waals surface area contributed by atoms with E-state index < -0.39 is 0 Å². The number of Topliss-reactive ketones (excluding diaryl/α,β-unsaturated/α-hetero) is 1. The average Bonchev–Trinajstić information content (AvgIpc) is 2.95. The molecule has 29 heavy (non-hydrogen) atoms. The molecule has 1 atom stereocenters. The summed E-state index contributed by atoms with van der Waals surface area (Å²) < 4.78 is 1.76. The van der Waals surface area contributed by atoms with Crippen LogP contribution in [0.3, 0.4) is 0 Å². The number of carbonyl (C=O) groups is 2. The molecular weight excluding hydrogens is 411 g/mol. The van der Waals surface area contributed by atoms with E-state index in [4.69, 9.17) is 23.2 Å². The lowest BCUT2D eigenvalue weighted by molar-refractivity contribution is -0.121. The van der Waals surface area contributed by atoms with Gasteiger partial charge in [0.15, 0.2) is 5.78 Å². The molecule has 3 rings (SSSR count). The molecule has 0 aliphatic carbocycles. The highest BCUT2D eigenvalue weighted by Crippen LogP contribution is 2.28. The zero-order valence-electron chi connectivity index (χ0n) is 17.1. The van der Waals surface area contributed by atoms with Gasteiger partial charge in [-0.2, -0.15) is 5.10 Å². The summed E-state index contributed by atoms with van der Waals surface area (Å²) in [5.74, 6) is -0.0399. The normalized spacial score (nSPS) is 16.6. The summed E-state index contributed by atoms with van der Waals surface area (Å²) in [5, 5.41) is 8.18. The molecule has 1 fully saturated rings. The first-order valence-corrected chi connectivity index (χ1v) is 10.5. The molecule has 0 radical (unpaired) electrons. The number of halogens is 2. The second kappa shape index (κ2) is 8.86. The number of ketones is 1. The number of carbonyl (C=O) groups excluding carboxylic acids is 2. The zero-order valence-corrected chi connectivity index (χ0v) is 18.6. The van der Waals surface area contributed by atoms with Gasteiger partial charge in [0.05, 0.1) is 33.2 Å². The van der Waals surface area contributed by atoms with E-state index in [1.807, 2.05) is 27.8 Å². The van der Waals surface area contributed by atoms with E-state index in [9.17, 15) is 9.59 Å². The molecule has 1 saturated heterocycles. The lowest BCUT2D eigenvalue weighted by atomic mass is 9.88. The van der Waals surface area contributed by atoms with Gasteiger partial charge in [0.25, 0.3) is 0 Å². The van der Waals surface area contributed by atoms with Crippen LogP contribution >= 0.6 is 23.2 Å². The molecule has 0 bridgehead atoms. The number of aryl methyl sites for hydroxylation is 2. The van der Waals surface area contributed by atoms with Crippen LogP contribution in [0.5, 0.6) is 0 Å². The molecule has 0 spiro atoms. The fourth-order valence-electron chi connectivity index (χ4n) is 3.78. The van der Waals surface area contributed by atoms with Crippen molar-refractivity contribution >= 4 is 40.6 Å². The van der Waals surface area contributed by atoms with Crippen molar-refractivity contribution in [3.63, 3.8) is 0 Å². The molecule has 1 aromatic heterocycles. The van der Waals surface area contributed by atoms with E-state index in [0.717, 1.165) is 17.1 Å². The average molecular weight is 437 g/mol. The highest BCUT2D eigenvalue weighted by atomic mass is 35.5. The van der Waals surface area contributed by atoms with Crippen molar-refractivity contribution < 1.29 is 9.59 Å². The van der Waals surface area contributed by atoms with Gasteiger partial charge >= 0.3 is 0 Å². The van der Waals surface area contributed by atoms with Crippen LogP contribution in [0.2, 0.25) is 10.0 Å². The molecule has 1 aromatic carbocycles. The Morgan fingerprint density at radius 2 is 1.83 bits per heavy atom. The van der Waals surface area contributed by atoms with Gasteiger partial charge in [-0.3, -0.25) is 19.2 Å². The van der Waals surface area contributed by atoms with Crippen LogP contribution in [0, 0.1) is 19.8 Å². The van der Waals surface area contributed by atoms with Crippen molar-refractivity contribution in [1.29, 1.82) is 0 Å². The molecule has 6 nitrogen and oxygen atoms in total. The number of anilines is 1. The minimum absolute atomic E-state index is 0.0570. The Morgan fingerprint density at radius 3 is 2.38 bits per heavy atom. The Labute approximate surface area is 181 Å². The Hall–Kier alpha value is -1.89. The van der Waals surface area contributed by atoms with Crippen LogP contribution in [0.25, 0.3) is 0 Å². The lowest BCUT2D eigenvalue weighted by Crippen LogP contribution is -2.47. The van der Waals surface area contributed by atoms with Crippen LogP contribution < -0.4 is 5.32 Å². The highest BCUT2D eigenvalue weighted by Gasteiger charge is 2.31. The number of amides is 1. The van der Waals surface area contributed by atoms with Gasteiger partial charge in [-0.15, -0.1) is 0 Å². The molecule has 2 heterocycles. The Balaban J connectivity index is 1.58. The van der Waals surface area contributed by atoms with Crippen molar-refractivity contribution in [3.8, 4) is 0 Å². The maximum absolute atomic E-state index is 12.8. The summed E-state index contributed by atoms with van der Waals surface area (Å²) in [6.45, 7) is 7.10. The number of benzene rings is 1. The van der Waals surface area contributed by atoms with Crippen LogP contribution in [0.1, 0.15) is 41.5 Å². The van der Waals surface area contributed by atoms with Gasteiger partial charge in [-0.05, 0) is 64.9 Å². The quantitative estimate of drug-likeness (QED) is 0.710. The van der Waals surface area contributed by atoms with Crippen LogP contribution in [-0.4, -0.2) is 45.5 Å². The number of hydrogen-bond donors (Lipinski definition) is 1. The summed E-state index contributed by atoms with van der Waals surface area (Å²) in [5.41, 5.74) is 3.09. The second-order valence-electron chi connectivity index (χ2n) is 7.64. The van der Waals surface area contributed by atoms with E-state index in [1.54, 1.807) is 22.9 Å². The molecule has 1 amide bonds. The molecule has 1 unspecified atom stereocenters. The highest BCUT2D eigenvalue weighted by molar-refractivity contribution is 6.42. The predicted molar refractivity (Wildman–Crippen MR) is 116 cm³/mol. The SMILES string of the molecule is Cc1nn(C)c(C)c1NC(=O)C(C)N1CCC(C(=O)c2ccc(Cl)c(Cl)c2)CC1. The van der Waals surface area contributed by atoms with Crippen molar-refractivity contribution in [1.82, 2.24) is 14.7 Å². The minimum Gasteiger partial charge on any atom is -0.322 e. The largest absolute Gasteiger partial charge is 0.322 e. The van der Waals surface area contributed by atoms with Gasteiger partial charge in [0.1, 0.15) is 0 Å². The summed E-state index contributed by atoms with van der Waals surface area (Å²) in [6, 6.07) is 4.72. The van der Waals surface area contributed by atoms with E-state index in [-0.39, 0.29) is 23.7 Å². The van der Waals surface area contributed by atoms with E-state index in [0.29, 0.717) is 41.5 Å². The van der Waals surface area contributed by atoms with Gasteiger partial charge in [-0.25, -0.2) is 0 Å². The number of rotatable bonds is 5. The fourth-order valence-corrected chi connectivity index (χ4v) is 4.08. The summed E-state index contributed by atoms with van der Waals surface area (Å²) in [7, 11) is 1.86. The minimum atomic E-state index is -0.282. The fraction of sp³-hybridized carbons (Fsp3) is 0.476. The third kappa shape index (κ3) is 4.65. The summed E-state index contributed by atoms with van der Waals surface area (Å²) >= 11 is 12.0. The van der Waals surface area contributed by atoms with Crippen molar-refractivity contribution in [2.75, 3.05) is 18.4 Å². The number of piperidine rings is 1. The maximum atomic E-state index is 12.8. The van der Waals surface area contributed by atoms with Crippen LogP contribution in [0.15, 0.2) is 18.2 Å². The molecule has 1 aliphatic rings. The molecule has 2 aromatic rings. The van der Waals surface area contributed by atoms with E-state index >= 15 is 0 Å². The number of likely N-dealkylation sites (tertiary alicyclic amines) is 1. The summed E-state index contributed by atoms with van der Waals surface area (Å²) in [6.07, 6.45) is 1.42. The van der Waals surface area contributed by atoms with Crippen molar-refractivity contribution in [3.05, 3.63) is 45.2 Å². The third-order valence-corrected chi connectivity index (χ3v) is 6.53. The molecule has 8 heteroatoms. The topological polar surface area (TPSA) is 67.2 Å². The predicted octanol–water partition coefficient (Wildman–Crippen LogP) is 4.27. The van der Waals surface area contributed by atoms with Gasteiger partial charge < -0.3 is 5.32 Å². The third-order valence-electron chi connectivity index (χ3n) is 5.79. The van der Waals surface area contributed by atoms with Gasteiger partial charge in [-0.1, -0.05) is 23.2 Å². The first kappa shape index (κ1) is 21.8. The first-order valence-electron chi connectivity index (χ1n) is 9.73. The maximum Gasteiger partial charge on any atom is 0.241 e. The second-order valence-corrected chi connectivity index (χ2v) is 8.45. The van der Waals surface area contributed by atoms with E-state index in [2.05, 4.69) is 15.3 Å². The number of aromatic nitrogens is 2. The number of nitrogens with zero attached hydrogens (tertiary/aromatic N) is 3. The standard InChI is InChI=1S/C21H26Cl2N4O2/c1-12-19(13(2)26(4)25-12)24-21(29)14(3)27-9-7-15(8-10-27)20(28)16-5-6-17(22)18(23)11-16/h5-6,11,14-15H,7-10H2,1-4H3,(H,24,29). The molecule has 1 aliphatic heterocycles. The van der Waals surface area contributed by atoms with Crippen molar-refractivity contribution in [2.24, 2.45) is 13.0 Å². The molecule has 1 N–H and O–H groups in total. The smallest absolute Gasteiger partial charge is 0.241 e. The lowest BCUT2D eigenvalue weighted by Gasteiger charge is -2.34. The van der Waals surface area contributed by atoms with Crippen LogP contribution in [-0.2, 0) is 11.8 Å². The van der Waals surface area contributed by atoms with E-state index in [1.165, 1.54) is 0 Å². The monoisotopic (exact) mass is 436 g/mol. The van der Waals surface area contributed by atoms with Crippen LogP contribution in [0.4, 0.5) is 5.69 Å². The number of hydrogen-bond acceptors (Lipinski definition) is 4. The molecular formula is C21H26Cl2N4O2. The van der Waals surface area contributed by atoms with Gasteiger partial charge in [0.2, 0.25) is 5.91 Å². The van der Waals surface area contributed by atoms with Gasteiger partial charge in [0, 0.05) is 18.5 Å². The molecule has 156 valence electrons. The number of nitrogens with one attached hydrogen (secondary N) is 1. The molecule has 0 saturated carbocycles. The Kier molecular flexibility index (Phi) is 6.66. The Morgan fingerprint density at radius 1 is 1.17 bits per heavy atom.